The molecule has 0 nitrogen and oxygen atoms in total. The lowest BCUT2D eigenvalue weighted by Gasteiger charge is -2.04. The highest BCUT2D eigenvalue weighted by Gasteiger charge is 2.44. The molecule has 0 aromatic rings. The van der Waals surface area contributed by atoms with E-state index in [9.17, 15) is 12.3 Å². The lowest BCUT2D eigenvalue weighted by Crippen LogP contribution is -2.19. The second-order valence-corrected chi connectivity index (χ2v) is 3.59. The van der Waals surface area contributed by atoms with E-state index in [2.05, 4.69) is 0 Å². The highest BCUT2D eigenvalue weighted by molar-refractivity contribution is 6.61. The summed E-state index contributed by atoms with van der Waals surface area (Å²) in [4.78, 5) is 0. The third kappa shape index (κ3) is 1.45. The molecule has 1 aliphatic rings. The summed E-state index contributed by atoms with van der Waals surface area (Å²) < 4.78 is 35.4. The van der Waals surface area contributed by atoms with Crippen molar-refractivity contribution in [2.45, 2.75) is 5.54 Å². The average molecular weight is 150 g/mol. The Bertz CT molecular complexity index is 144. The third-order valence-corrected chi connectivity index (χ3v) is 2.27. The normalized spacial score (nSPS) is 19.4. The van der Waals surface area contributed by atoms with Gasteiger partial charge in [-0.1, -0.05) is 24.3 Å². The van der Waals surface area contributed by atoms with E-state index in [1.807, 2.05) is 0 Å². The van der Waals surface area contributed by atoms with E-state index in [0.29, 0.717) is 0 Å². The highest BCUT2D eigenvalue weighted by atomic mass is 28.5. The summed E-state index contributed by atoms with van der Waals surface area (Å²) in [6.45, 7) is 0. The molecule has 0 fully saturated rings. The maximum absolute atomic E-state index is 11.8. The molecule has 4 heteroatoms. The van der Waals surface area contributed by atoms with Gasteiger partial charge in [-0.2, -0.15) is 0 Å². The van der Waals surface area contributed by atoms with Crippen molar-refractivity contribution < 1.29 is 12.3 Å². The zero-order chi connectivity index (χ0) is 6.91. The second kappa shape index (κ2) is 2.02. The van der Waals surface area contributed by atoms with Gasteiger partial charge in [0.15, 0.2) is 0 Å². The number of allylic oxidation sites excluding steroid dienone is 4. The van der Waals surface area contributed by atoms with E-state index in [0.717, 1.165) is 0 Å². The summed E-state index contributed by atoms with van der Waals surface area (Å²) in [5.74, 6) is 0. The zero-order valence-electron chi connectivity index (χ0n) is 4.52. The molecule has 0 radical (unpaired) electrons. The Morgan fingerprint density at radius 1 is 1.00 bits per heavy atom. The van der Waals surface area contributed by atoms with Crippen LogP contribution < -0.4 is 0 Å². The Balaban J connectivity index is 2.64. The van der Waals surface area contributed by atoms with Crippen LogP contribution in [0.15, 0.2) is 24.3 Å². The fraction of sp³-hybridized carbons (Fsp3) is 0.200. The van der Waals surface area contributed by atoms with Gasteiger partial charge in [0, 0.05) is 0 Å². The largest absolute Gasteiger partial charge is 0.627 e. The molecule has 50 valence electrons. The molecule has 0 N–H and O–H groups in total. The molecule has 0 saturated carbocycles. The predicted molar refractivity (Wildman–Crippen MR) is 31.1 cm³/mol. The molecular weight excluding hydrogens is 145 g/mol. The van der Waals surface area contributed by atoms with Crippen LogP contribution in [0.3, 0.4) is 0 Å². The topological polar surface area (TPSA) is 0 Å². The molecule has 0 aromatic carbocycles. The summed E-state index contributed by atoms with van der Waals surface area (Å²) in [5.41, 5.74) is -1.21. The van der Waals surface area contributed by atoms with Crippen molar-refractivity contribution >= 4 is 9.08 Å². The van der Waals surface area contributed by atoms with Crippen LogP contribution in [0.5, 0.6) is 0 Å². The van der Waals surface area contributed by atoms with Crippen molar-refractivity contribution in [1.29, 1.82) is 0 Å². The monoisotopic (exact) mass is 150 g/mol. The van der Waals surface area contributed by atoms with E-state index in [1.54, 1.807) is 0 Å². The van der Waals surface area contributed by atoms with Gasteiger partial charge in [0.2, 0.25) is 0 Å². The maximum Gasteiger partial charge on any atom is 0.627 e. The Morgan fingerprint density at radius 3 is 1.67 bits per heavy atom. The Kier molecular flexibility index (Phi) is 1.48. The molecule has 0 unspecified atom stereocenters. The van der Waals surface area contributed by atoms with E-state index in [4.69, 9.17) is 0 Å². The minimum atomic E-state index is -5.40. The van der Waals surface area contributed by atoms with Crippen LogP contribution in [0, 0.1) is 0 Å². The molecular formula is C5H5F3Si. The molecule has 0 heterocycles. The Hall–Kier alpha value is -0.513. The first kappa shape index (κ1) is 6.60. The Morgan fingerprint density at radius 2 is 1.44 bits per heavy atom. The summed E-state index contributed by atoms with van der Waals surface area (Å²) >= 11 is 0. The second-order valence-electron chi connectivity index (χ2n) is 1.84. The van der Waals surface area contributed by atoms with E-state index >= 15 is 0 Å². The van der Waals surface area contributed by atoms with Gasteiger partial charge in [-0.3, -0.25) is 0 Å². The van der Waals surface area contributed by atoms with Gasteiger partial charge in [0.25, 0.3) is 0 Å². The Labute approximate surface area is 52.2 Å². The van der Waals surface area contributed by atoms with Crippen molar-refractivity contribution in [2.24, 2.45) is 0 Å². The number of halogens is 3. The molecule has 0 bridgehead atoms. The van der Waals surface area contributed by atoms with E-state index in [1.165, 1.54) is 24.3 Å². The summed E-state index contributed by atoms with van der Waals surface area (Å²) in [7, 11) is -5.40. The molecule has 0 atom stereocenters. The van der Waals surface area contributed by atoms with Gasteiger partial charge in [-0.15, -0.1) is 0 Å². The fourth-order valence-corrected chi connectivity index (χ4v) is 1.31. The standard InChI is InChI=1S/C5H5F3Si/c6-9(7,8)5-3-1-2-4-5/h1-5H. The lowest BCUT2D eigenvalue weighted by molar-refractivity contribution is 0.464. The predicted octanol–water partition coefficient (Wildman–Crippen LogP) is 2.33. The van der Waals surface area contributed by atoms with Crippen LogP contribution in [0.1, 0.15) is 0 Å². The van der Waals surface area contributed by atoms with Crippen molar-refractivity contribution in [2.75, 3.05) is 0 Å². The molecule has 1 rings (SSSR count). The summed E-state index contributed by atoms with van der Waals surface area (Å²) in [6, 6.07) is 0. The van der Waals surface area contributed by atoms with Gasteiger partial charge >= 0.3 is 9.08 Å². The van der Waals surface area contributed by atoms with Crippen molar-refractivity contribution in [3.8, 4) is 0 Å². The van der Waals surface area contributed by atoms with Crippen LogP contribution in [-0.4, -0.2) is 9.08 Å². The average Bonchev–Trinajstić information content (AvgIpc) is 2.08. The van der Waals surface area contributed by atoms with Gasteiger partial charge < -0.3 is 0 Å². The first-order valence-electron chi connectivity index (χ1n) is 2.52. The maximum atomic E-state index is 11.8. The van der Waals surface area contributed by atoms with E-state index < -0.39 is 14.6 Å². The highest BCUT2D eigenvalue weighted by Crippen LogP contribution is 2.31. The minimum absolute atomic E-state index is 1.19. The van der Waals surface area contributed by atoms with Crippen molar-refractivity contribution in [3.63, 3.8) is 0 Å². The third-order valence-electron chi connectivity index (χ3n) is 1.13. The first-order chi connectivity index (χ1) is 4.11. The molecule has 0 spiro atoms. The summed E-state index contributed by atoms with van der Waals surface area (Å²) in [5, 5.41) is 0. The smallest absolute Gasteiger partial charge is 0.237 e. The van der Waals surface area contributed by atoms with Crippen molar-refractivity contribution in [1.82, 2.24) is 0 Å². The minimum Gasteiger partial charge on any atom is -0.237 e. The number of rotatable bonds is 1. The molecule has 0 aromatic heterocycles. The quantitative estimate of drug-likeness (QED) is 0.397. The van der Waals surface area contributed by atoms with Crippen LogP contribution in [-0.2, 0) is 0 Å². The molecule has 9 heavy (non-hydrogen) atoms. The van der Waals surface area contributed by atoms with E-state index in [-0.39, 0.29) is 0 Å². The SMILES string of the molecule is F[Si](F)(F)C1C=CC=C1. The van der Waals surface area contributed by atoms with Gasteiger partial charge in [-0.25, -0.2) is 12.3 Å². The molecule has 0 amide bonds. The van der Waals surface area contributed by atoms with Crippen LogP contribution in [0.25, 0.3) is 0 Å². The van der Waals surface area contributed by atoms with Gasteiger partial charge in [0.05, 0.1) is 5.54 Å². The number of hydrogen-bond donors (Lipinski definition) is 0. The lowest BCUT2D eigenvalue weighted by atomic mass is 10.5. The van der Waals surface area contributed by atoms with Crippen LogP contribution in [0.4, 0.5) is 12.3 Å². The van der Waals surface area contributed by atoms with Crippen LogP contribution in [0.2, 0.25) is 5.54 Å². The van der Waals surface area contributed by atoms with Gasteiger partial charge in [-0.05, 0) is 0 Å². The van der Waals surface area contributed by atoms with Crippen LogP contribution >= 0.6 is 0 Å². The fourth-order valence-electron chi connectivity index (χ4n) is 0.650. The molecule has 1 aliphatic carbocycles. The first-order valence-corrected chi connectivity index (χ1v) is 4.23. The number of hydrogen-bond acceptors (Lipinski definition) is 0. The van der Waals surface area contributed by atoms with Gasteiger partial charge in [0.1, 0.15) is 0 Å². The molecule has 0 saturated heterocycles. The zero-order valence-corrected chi connectivity index (χ0v) is 5.52. The van der Waals surface area contributed by atoms with Crippen molar-refractivity contribution in [3.05, 3.63) is 24.3 Å². The molecule has 0 aliphatic heterocycles. The summed E-state index contributed by atoms with van der Waals surface area (Å²) in [6.07, 6.45) is 5.24.